The van der Waals surface area contributed by atoms with Crippen molar-refractivity contribution < 1.29 is 13.2 Å². The Labute approximate surface area is 180 Å². The van der Waals surface area contributed by atoms with Crippen molar-refractivity contribution in [2.45, 2.75) is 9.79 Å². The summed E-state index contributed by atoms with van der Waals surface area (Å²) in [4.78, 5) is 13.7. The van der Waals surface area contributed by atoms with Gasteiger partial charge in [0.15, 0.2) is 0 Å². The van der Waals surface area contributed by atoms with Crippen LogP contribution in [0.4, 0.5) is 5.69 Å². The molecule has 8 heteroatoms. The lowest BCUT2D eigenvalue weighted by atomic mass is 10.2. The van der Waals surface area contributed by atoms with Crippen LogP contribution >= 0.6 is 11.8 Å². The summed E-state index contributed by atoms with van der Waals surface area (Å²) in [6.07, 6.45) is 3.51. The number of carbonyl (C=O) groups excluding carboxylic acids is 1. The van der Waals surface area contributed by atoms with Crippen molar-refractivity contribution in [2.24, 2.45) is 5.10 Å². The lowest BCUT2D eigenvalue weighted by molar-refractivity contribution is -0.119. The predicted molar refractivity (Wildman–Crippen MR) is 121 cm³/mol. The molecule has 0 aliphatic carbocycles. The molecular formula is C22H21N3O3S2. The number of sulfonamides is 1. The summed E-state index contributed by atoms with van der Waals surface area (Å²) in [7, 11) is -3.92. The summed E-state index contributed by atoms with van der Waals surface area (Å²) >= 11 is 1.63. The number of rotatable bonds is 8. The van der Waals surface area contributed by atoms with Crippen LogP contribution in [0, 0.1) is 0 Å². The molecule has 0 heterocycles. The van der Waals surface area contributed by atoms with Crippen molar-refractivity contribution in [3.63, 3.8) is 0 Å². The van der Waals surface area contributed by atoms with E-state index in [1.165, 1.54) is 18.3 Å². The molecule has 154 valence electrons. The minimum atomic E-state index is -3.92. The minimum absolute atomic E-state index is 0.110. The number of amides is 1. The molecule has 1 N–H and O–H groups in total. The molecular weight excluding hydrogens is 418 g/mol. The Morgan fingerprint density at radius 2 is 1.57 bits per heavy atom. The second-order valence-electron chi connectivity index (χ2n) is 6.23. The van der Waals surface area contributed by atoms with E-state index in [1.54, 1.807) is 60.3 Å². The molecule has 0 radical (unpaired) electrons. The van der Waals surface area contributed by atoms with Gasteiger partial charge in [-0.2, -0.15) is 5.10 Å². The largest absolute Gasteiger partial charge is 0.271 e. The highest BCUT2D eigenvalue weighted by Gasteiger charge is 2.26. The first-order valence-electron chi connectivity index (χ1n) is 9.09. The predicted octanol–water partition coefficient (Wildman–Crippen LogP) is 3.75. The SMILES string of the molecule is CSc1ccc(/C=N\NC(=O)CN(c2ccccc2)S(=O)(=O)c2ccccc2)cc1. The van der Waals surface area contributed by atoms with Crippen LogP contribution in [0.15, 0.2) is 99.8 Å². The summed E-state index contributed by atoms with van der Waals surface area (Å²) in [5.41, 5.74) is 3.62. The van der Waals surface area contributed by atoms with Gasteiger partial charge < -0.3 is 0 Å². The van der Waals surface area contributed by atoms with Crippen LogP contribution < -0.4 is 9.73 Å². The molecule has 3 aromatic rings. The quantitative estimate of drug-likeness (QED) is 0.329. The summed E-state index contributed by atoms with van der Waals surface area (Å²) in [6.45, 7) is -0.399. The Hall–Kier alpha value is -3.10. The fourth-order valence-corrected chi connectivity index (χ4v) is 4.51. The molecule has 30 heavy (non-hydrogen) atoms. The first kappa shape index (κ1) is 21.6. The highest BCUT2D eigenvalue weighted by molar-refractivity contribution is 7.98. The molecule has 0 bridgehead atoms. The number of anilines is 1. The Bertz CT molecular complexity index is 1100. The number of hydrogen-bond acceptors (Lipinski definition) is 5. The summed E-state index contributed by atoms with van der Waals surface area (Å²) in [5, 5.41) is 3.95. The van der Waals surface area contributed by atoms with Crippen LogP contribution in [-0.2, 0) is 14.8 Å². The van der Waals surface area contributed by atoms with Gasteiger partial charge >= 0.3 is 0 Å². The van der Waals surface area contributed by atoms with Gasteiger partial charge in [0.2, 0.25) is 0 Å². The molecule has 1 amide bonds. The van der Waals surface area contributed by atoms with E-state index in [2.05, 4.69) is 10.5 Å². The van der Waals surface area contributed by atoms with Gasteiger partial charge in [-0.05, 0) is 48.2 Å². The first-order valence-corrected chi connectivity index (χ1v) is 11.8. The molecule has 0 atom stereocenters. The van der Waals surface area contributed by atoms with Gasteiger partial charge in [-0.1, -0.05) is 48.5 Å². The van der Waals surface area contributed by atoms with Gasteiger partial charge in [0.05, 0.1) is 16.8 Å². The minimum Gasteiger partial charge on any atom is -0.271 e. The van der Waals surface area contributed by atoms with E-state index >= 15 is 0 Å². The molecule has 0 aliphatic heterocycles. The second-order valence-corrected chi connectivity index (χ2v) is 8.97. The van der Waals surface area contributed by atoms with E-state index in [9.17, 15) is 13.2 Å². The average molecular weight is 440 g/mol. The van der Waals surface area contributed by atoms with E-state index < -0.39 is 22.5 Å². The van der Waals surface area contributed by atoms with Crippen LogP contribution in [0.3, 0.4) is 0 Å². The van der Waals surface area contributed by atoms with Gasteiger partial charge in [0, 0.05) is 4.90 Å². The van der Waals surface area contributed by atoms with Gasteiger partial charge in [-0.15, -0.1) is 11.8 Å². The first-order chi connectivity index (χ1) is 14.5. The van der Waals surface area contributed by atoms with Crippen LogP contribution in [0.5, 0.6) is 0 Å². The van der Waals surface area contributed by atoms with Crippen LogP contribution in [0.25, 0.3) is 0 Å². The number of para-hydroxylation sites is 1. The van der Waals surface area contributed by atoms with Crippen molar-refractivity contribution >= 4 is 39.6 Å². The number of hydrogen-bond donors (Lipinski definition) is 1. The van der Waals surface area contributed by atoms with Gasteiger partial charge in [0.25, 0.3) is 15.9 Å². The van der Waals surface area contributed by atoms with E-state index in [0.717, 1.165) is 14.8 Å². The Morgan fingerprint density at radius 1 is 0.967 bits per heavy atom. The van der Waals surface area contributed by atoms with E-state index in [4.69, 9.17) is 0 Å². The molecule has 3 rings (SSSR count). The lowest BCUT2D eigenvalue weighted by Gasteiger charge is -2.23. The maximum absolute atomic E-state index is 13.1. The standard InChI is InChI=1S/C22H21N3O3S2/c1-29-20-14-12-18(13-15-20)16-23-24-22(26)17-25(19-8-4-2-5-9-19)30(27,28)21-10-6-3-7-11-21/h2-16H,17H2,1H3,(H,24,26)/b23-16-. The topological polar surface area (TPSA) is 78.8 Å². The second kappa shape index (κ2) is 10.1. The highest BCUT2D eigenvalue weighted by atomic mass is 32.2. The molecule has 0 saturated heterocycles. The summed E-state index contributed by atoms with van der Waals surface area (Å²) < 4.78 is 27.3. The van der Waals surface area contributed by atoms with Crippen molar-refractivity contribution in [1.82, 2.24) is 5.43 Å². The average Bonchev–Trinajstić information content (AvgIpc) is 2.79. The third-order valence-electron chi connectivity index (χ3n) is 4.18. The van der Waals surface area contributed by atoms with E-state index in [0.29, 0.717) is 5.69 Å². The molecule has 6 nitrogen and oxygen atoms in total. The number of thioether (sulfide) groups is 1. The zero-order valence-corrected chi connectivity index (χ0v) is 17.9. The molecule has 0 unspecified atom stereocenters. The van der Waals surface area contributed by atoms with E-state index in [1.807, 2.05) is 30.5 Å². The Kier molecular flexibility index (Phi) is 7.26. The molecule has 0 spiro atoms. The molecule has 0 aliphatic rings. The number of nitrogens with one attached hydrogen (secondary N) is 1. The number of benzene rings is 3. The molecule has 0 saturated carbocycles. The van der Waals surface area contributed by atoms with E-state index in [-0.39, 0.29) is 4.90 Å². The molecule has 3 aromatic carbocycles. The summed E-state index contributed by atoms with van der Waals surface area (Å²) in [6, 6.07) is 24.2. The fraction of sp³-hybridized carbons (Fsp3) is 0.0909. The highest BCUT2D eigenvalue weighted by Crippen LogP contribution is 2.23. The van der Waals surface area contributed by atoms with Crippen molar-refractivity contribution in [3.8, 4) is 0 Å². The number of nitrogens with zero attached hydrogens (tertiary/aromatic N) is 2. The molecule has 0 aromatic heterocycles. The number of hydrazone groups is 1. The van der Waals surface area contributed by atoms with Crippen LogP contribution in [0.1, 0.15) is 5.56 Å². The summed E-state index contributed by atoms with van der Waals surface area (Å²) in [5.74, 6) is -0.546. The van der Waals surface area contributed by atoms with Crippen molar-refractivity contribution in [1.29, 1.82) is 0 Å². The number of carbonyl (C=O) groups is 1. The maximum Gasteiger partial charge on any atom is 0.264 e. The monoisotopic (exact) mass is 439 g/mol. The fourth-order valence-electron chi connectivity index (χ4n) is 2.66. The van der Waals surface area contributed by atoms with Crippen molar-refractivity contribution in [2.75, 3.05) is 17.1 Å². The third kappa shape index (κ3) is 5.49. The van der Waals surface area contributed by atoms with Crippen LogP contribution in [0.2, 0.25) is 0 Å². The third-order valence-corrected chi connectivity index (χ3v) is 6.71. The lowest BCUT2D eigenvalue weighted by Crippen LogP contribution is -2.39. The zero-order chi connectivity index (χ0) is 21.4. The normalized spacial score (nSPS) is 11.4. The Morgan fingerprint density at radius 3 is 2.17 bits per heavy atom. The zero-order valence-electron chi connectivity index (χ0n) is 16.3. The van der Waals surface area contributed by atoms with Crippen molar-refractivity contribution in [3.05, 3.63) is 90.5 Å². The van der Waals surface area contributed by atoms with Gasteiger partial charge in [-0.3, -0.25) is 9.10 Å². The smallest absolute Gasteiger partial charge is 0.264 e. The molecule has 0 fully saturated rings. The maximum atomic E-state index is 13.1. The van der Waals surface area contributed by atoms with Crippen LogP contribution in [-0.4, -0.2) is 33.3 Å². The van der Waals surface area contributed by atoms with Gasteiger partial charge in [0.1, 0.15) is 6.54 Å². The van der Waals surface area contributed by atoms with Gasteiger partial charge in [-0.25, -0.2) is 13.8 Å². The Balaban J connectivity index is 1.76.